The maximum Gasteiger partial charge on any atom is 0.250 e. The molecule has 0 aliphatic carbocycles. The van der Waals surface area contributed by atoms with Gasteiger partial charge in [0.2, 0.25) is 5.91 Å². The second-order valence-electron chi connectivity index (χ2n) is 6.27. The molecule has 1 aliphatic rings. The van der Waals surface area contributed by atoms with Crippen LogP contribution in [0.2, 0.25) is 0 Å². The van der Waals surface area contributed by atoms with Gasteiger partial charge < -0.3 is 10.6 Å². The van der Waals surface area contributed by atoms with E-state index in [0.717, 1.165) is 29.6 Å². The fourth-order valence-corrected chi connectivity index (χ4v) is 3.22. The fourth-order valence-electron chi connectivity index (χ4n) is 3.22. The Bertz CT molecular complexity index is 959. The monoisotopic (exact) mass is 334 g/mol. The molecule has 6 nitrogen and oxygen atoms in total. The third-order valence-electron chi connectivity index (χ3n) is 4.55. The third kappa shape index (κ3) is 2.87. The third-order valence-corrected chi connectivity index (χ3v) is 4.55. The molecule has 2 amide bonds. The molecule has 2 N–H and O–H groups in total. The molecule has 4 rings (SSSR count). The first-order valence-corrected chi connectivity index (χ1v) is 8.27. The molecule has 126 valence electrons. The van der Waals surface area contributed by atoms with Crippen LogP contribution in [0.3, 0.4) is 0 Å². The number of hydrogen-bond donors (Lipinski definition) is 1. The number of nitrogens with zero attached hydrogens (tertiary/aromatic N) is 3. The van der Waals surface area contributed by atoms with Crippen LogP contribution < -0.4 is 5.73 Å². The molecule has 2 aromatic carbocycles. The highest BCUT2D eigenvalue weighted by atomic mass is 16.2. The van der Waals surface area contributed by atoms with Gasteiger partial charge in [-0.15, -0.1) is 0 Å². The molecule has 0 saturated carbocycles. The summed E-state index contributed by atoms with van der Waals surface area (Å²) in [6.07, 6.45) is 3.47. The van der Waals surface area contributed by atoms with Crippen LogP contribution in [0.1, 0.15) is 28.8 Å². The van der Waals surface area contributed by atoms with E-state index in [0.29, 0.717) is 24.0 Å². The van der Waals surface area contributed by atoms with Crippen molar-refractivity contribution in [1.29, 1.82) is 0 Å². The number of hydrogen-bond acceptors (Lipinski definition) is 3. The van der Waals surface area contributed by atoms with E-state index in [2.05, 4.69) is 5.10 Å². The summed E-state index contributed by atoms with van der Waals surface area (Å²) in [5.74, 6) is -0.261. The average molecular weight is 334 g/mol. The quantitative estimate of drug-likeness (QED) is 0.794. The van der Waals surface area contributed by atoms with Crippen molar-refractivity contribution in [3.63, 3.8) is 0 Å². The Balaban J connectivity index is 1.61. The first kappa shape index (κ1) is 15.4. The first-order valence-electron chi connectivity index (χ1n) is 8.27. The number of carbonyl (C=O) groups excluding carboxylic acids is 2. The van der Waals surface area contributed by atoms with Gasteiger partial charge in [0.15, 0.2) is 0 Å². The minimum atomic E-state index is -0.485. The fraction of sp³-hybridized carbons (Fsp3) is 0.211. The van der Waals surface area contributed by atoms with Crippen molar-refractivity contribution in [1.82, 2.24) is 14.7 Å². The Morgan fingerprint density at radius 3 is 2.64 bits per heavy atom. The van der Waals surface area contributed by atoms with E-state index in [1.54, 1.807) is 16.8 Å². The molecule has 1 aromatic heterocycles. The SMILES string of the molecule is NC(=O)c1cccc2cn(-c3ccc(CN4CCCC4=O)cc3)nc12. The molecule has 0 unspecified atom stereocenters. The number of primary amides is 1. The largest absolute Gasteiger partial charge is 0.366 e. The van der Waals surface area contributed by atoms with Gasteiger partial charge in [0.25, 0.3) is 5.91 Å². The van der Waals surface area contributed by atoms with E-state index in [9.17, 15) is 9.59 Å². The number of amides is 2. The lowest BCUT2D eigenvalue weighted by atomic mass is 10.1. The Kier molecular flexibility index (Phi) is 3.72. The Morgan fingerprint density at radius 2 is 1.96 bits per heavy atom. The number of likely N-dealkylation sites (tertiary alicyclic amines) is 1. The summed E-state index contributed by atoms with van der Waals surface area (Å²) in [4.78, 5) is 25.2. The Morgan fingerprint density at radius 1 is 1.16 bits per heavy atom. The van der Waals surface area contributed by atoms with E-state index in [1.807, 2.05) is 41.4 Å². The summed E-state index contributed by atoms with van der Waals surface area (Å²) in [5.41, 5.74) is 8.42. The minimum Gasteiger partial charge on any atom is -0.366 e. The van der Waals surface area contributed by atoms with Crippen LogP contribution >= 0.6 is 0 Å². The predicted molar refractivity (Wildman–Crippen MR) is 94.2 cm³/mol. The second kappa shape index (κ2) is 6.05. The highest BCUT2D eigenvalue weighted by molar-refractivity contribution is 6.04. The van der Waals surface area contributed by atoms with Crippen molar-refractivity contribution in [2.45, 2.75) is 19.4 Å². The van der Waals surface area contributed by atoms with E-state index in [1.165, 1.54) is 0 Å². The molecule has 3 aromatic rings. The maximum absolute atomic E-state index is 11.7. The van der Waals surface area contributed by atoms with E-state index < -0.39 is 5.91 Å². The van der Waals surface area contributed by atoms with Gasteiger partial charge in [0.1, 0.15) is 5.52 Å². The standard InChI is InChI=1S/C19H18N4O2/c20-19(25)16-4-1-3-14-12-23(21-18(14)16)15-8-6-13(7-9-15)11-22-10-2-5-17(22)24/h1,3-4,6-9,12H,2,5,10-11H2,(H2,20,25). The van der Waals surface area contributed by atoms with Crippen LogP contribution in [0.15, 0.2) is 48.7 Å². The van der Waals surface area contributed by atoms with E-state index in [-0.39, 0.29) is 5.91 Å². The molecule has 1 aliphatic heterocycles. The highest BCUT2D eigenvalue weighted by Crippen LogP contribution is 2.20. The molecular formula is C19H18N4O2. The summed E-state index contributed by atoms with van der Waals surface area (Å²) in [5, 5.41) is 5.36. The molecule has 2 heterocycles. The molecule has 0 atom stereocenters. The van der Waals surface area contributed by atoms with Gasteiger partial charge in [-0.1, -0.05) is 24.3 Å². The topological polar surface area (TPSA) is 81.2 Å². The number of nitrogens with two attached hydrogens (primary N) is 1. The van der Waals surface area contributed by atoms with E-state index >= 15 is 0 Å². The van der Waals surface area contributed by atoms with Gasteiger partial charge in [-0.2, -0.15) is 5.10 Å². The van der Waals surface area contributed by atoms with Crippen molar-refractivity contribution >= 4 is 22.7 Å². The zero-order valence-electron chi connectivity index (χ0n) is 13.7. The van der Waals surface area contributed by atoms with Gasteiger partial charge in [-0.05, 0) is 30.2 Å². The summed E-state index contributed by atoms with van der Waals surface area (Å²) >= 11 is 0. The molecule has 1 fully saturated rings. The van der Waals surface area contributed by atoms with Gasteiger partial charge in [0.05, 0.1) is 11.3 Å². The van der Waals surface area contributed by atoms with Gasteiger partial charge in [-0.3, -0.25) is 9.59 Å². The molecule has 0 radical (unpaired) electrons. The van der Waals surface area contributed by atoms with Crippen LogP contribution in [-0.4, -0.2) is 33.0 Å². The van der Waals surface area contributed by atoms with Crippen molar-refractivity contribution < 1.29 is 9.59 Å². The number of rotatable bonds is 4. The Labute approximate surface area is 144 Å². The van der Waals surface area contributed by atoms with Crippen LogP contribution in [0.5, 0.6) is 0 Å². The molecule has 1 saturated heterocycles. The number of fused-ring (bicyclic) bond motifs is 1. The summed E-state index contributed by atoms with van der Waals surface area (Å²) in [6, 6.07) is 13.3. The molecule has 0 bridgehead atoms. The van der Waals surface area contributed by atoms with Crippen molar-refractivity contribution in [3.8, 4) is 5.69 Å². The lowest BCUT2D eigenvalue weighted by Gasteiger charge is -2.15. The Hall–Kier alpha value is -3.15. The summed E-state index contributed by atoms with van der Waals surface area (Å²) in [6.45, 7) is 1.48. The van der Waals surface area contributed by atoms with E-state index in [4.69, 9.17) is 5.73 Å². The molecule has 6 heteroatoms. The number of aromatic nitrogens is 2. The van der Waals surface area contributed by atoms with Crippen molar-refractivity contribution in [2.24, 2.45) is 5.73 Å². The molecule has 0 spiro atoms. The lowest BCUT2D eigenvalue weighted by Crippen LogP contribution is -2.23. The van der Waals surface area contributed by atoms with Gasteiger partial charge in [0, 0.05) is 31.1 Å². The second-order valence-corrected chi connectivity index (χ2v) is 6.27. The van der Waals surface area contributed by atoms with Gasteiger partial charge >= 0.3 is 0 Å². The smallest absolute Gasteiger partial charge is 0.250 e. The zero-order valence-corrected chi connectivity index (χ0v) is 13.7. The normalized spacial score (nSPS) is 14.4. The molecular weight excluding hydrogens is 316 g/mol. The minimum absolute atomic E-state index is 0.224. The molecule has 25 heavy (non-hydrogen) atoms. The predicted octanol–water partition coefficient (Wildman–Crippen LogP) is 2.25. The average Bonchev–Trinajstić information content (AvgIpc) is 3.21. The summed E-state index contributed by atoms with van der Waals surface area (Å²) in [7, 11) is 0. The van der Waals surface area contributed by atoms with Crippen LogP contribution in [0.25, 0.3) is 16.6 Å². The van der Waals surface area contributed by atoms with Crippen LogP contribution in [-0.2, 0) is 11.3 Å². The van der Waals surface area contributed by atoms with Crippen molar-refractivity contribution in [3.05, 3.63) is 59.8 Å². The first-order chi connectivity index (χ1) is 12.1. The van der Waals surface area contributed by atoms with Gasteiger partial charge in [-0.25, -0.2) is 4.68 Å². The van der Waals surface area contributed by atoms with Crippen molar-refractivity contribution in [2.75, 3.05) is 6.54 Å². The summed E-state index contributed by atoms with van der Waals surface area (Å²) < 4.78 is 1.74. The number of carbonyl (C=O) groups is 2. The zero-order chi connectivity index (χ0) is 17.4. The maximum atomic E-state index is 11.7. The van der Waals surface area contributed by atoms with Crippen LogP contribution in [0, 0.1) is 0 Å². The highest BCUT2D eigenvalue weighted by Gasteiger charge is 2.19. The van der Waals surface area contributed by atoms with Crippen LogP contribution in [0.4, 0.5) is 0 Å². The lowest BCUT2D eigenvalue weighted by molar-refractivity contribution is -0.128. The number of benzene rings is 2.